The number of amides is 1. The summed E-state index contributed by atoms with van der Waals surface area (Å²) >= 11 is 1.18. The minimum Gasteiger partial charge on any atom is -0.507 e. The van der Waals surface area contributed by atoms with Crippen molar-refractivity contribution < 1.29 is 24.2 Å². The number of carbonyl (C=O) groups is 2. The SMILES string of the molecule is CCOc1ccc(C2/C(=C(\O)c3ccncc3)C(=O)C(=O)N2c2nnc(C)s2)cc1OCC. The fraction of sp³-hybridized carbons (Fsp3) is 0.261. The number of pyridine rings is 1. The standard InChI is InChI=1S/C23H22N4O5S/c1-4-31-16-7-6-15(12-17(16)32-5-2)19-18(20(28)14-8-10-24-11-9-14)21(29)22(30)27(19)23-26-25-13(3)33-23/h6-12,19,28H,4-5H2,1-3H3/b20-18+. The number of carbonyl (C=O) groups excluding carboxylic acids is 2. The van der Waals surface area contributed by atoms with Crippen molar-refractivity contribution in [1.82, 2.24) is 15.2 Å². The molecule has 1 saturated heterocycles. The van der Waals surface area contributed by atoms with Gasteiger partial charge in [0.25, 0.3) is 5.78 Å². The van der Waals surface area contributed by atoms with Crippen molar-refractivity contribution >= 4 is 33.9 Å². The molecule has 9 nitrogen and oxygen atoms in total. The molecule has 0 spiro atoms. The zero-order valence-electron chi connectivity index (χ0n) is 18.3. The normalized spacial score (nSPS) is 17.4. The van der Waals surface area contributed by atoms with E-state index in [9.17, 15) is 14.7 Å². The van der Waals surface area contributed by atoms with E-state index < -0.39 is 17.7 Å². The molecule has 3 aromatic rings. The van der Waals surface area contributed by atoms with Gasteiger partial charge in [-0.05, 0) is 50.6 Å². The molecule has 1 fully saturated rings. The highest BCUT2D eigenvalue weighted by atomic mass is 32.1. The summed E-state index contributed by atoms with van der Waals surface area (Å²) in [4.78, 5) is 31.5. The van der Waals surface area contributed by atoms with Crippen LogP contribution in [-0.2, 0) is 9.59 Å². The van der Waals surface area contributed by atoms with Crippen LogP contribution in [0.15, 0.2) is 48.3 Å². The molecule has 1 atom stereocenters. The van der Waals surface area contributed by atoms with E-state index in [0.717, 1.165) is 0 Å². The van der Waals surface area contributed by atoms with E-state index in [2.05, 4.69) is 15.2 Å². The fourth-order valence-corrected chi connectivity index (χ4v) is 4.35. The quantitative estimate of drug-likeness (QED) is 0.319. The van der Waals surface area contributed by atoms with Crippen molar-refractivity contribution in [2.75, 3.05) is 18.1 Å². The Kier molecular flexibility index (Phi) is 6.36. The first kappa shape index (κ1) is 22.4. The number of rotatable bonds is 7. The van der Waals surface area contributed by atoms with Crippen molar-refractivity contribution in [1.29, 1.82) is 0 Å². The van der Waals surface area contributed by atoms with Gasteiger partial charge < -0.3 is 14.6 Å². The minimum atomic E-state index is -0.930. The third-order valence-electron chi connectivity index (χ3n) is 5.00. The largest absolute Gasteiger partial charge is 0.507 e. The van der Waals surface area contributed by atoms with Crippen molar-refractivity contribution in [3.8, 4) is 11.5 Å². The number of ketones is 1. The molecule has 4 rings (SSSR count). The summed E-state index contributed by atoms with van der Waals surface area (Å²) in [6.45, 7) is 6.32. The average molecular weight is 467 g/mol. The average Bonchev–Trinajstić information content (AvgIpc) is 3.36. The van der Waals surface area contributed by atoms with Crippen LogP contribution in [0.3, 0.4) is 0 Å². The van der Waals surface area contributed by atoms with E-state index in [1.54, 1.807) is 37.3 Å². The van der Waals surface area contributed by atoms with E-state index in [4.69, 9.17) is 9.47 Å². The number of anilines is 1. The number of hydrogen-bond acceptors (Lipinski definition) is 9. The zero-order valence-corrected chi connectivity index (χ0v) is 19.1. The van der Waals surface area contributed by atoms with Crippen molar-refractivity contribution in [2.45, 2.75) is 26.8 Å². The Hall–Kier alpha value is -3.79. The van der Waals surface area contributed by atoms with Gasteiger partial charge in [-0.2, -0.15) is 0 Å². The molecule has 0 radical (unpaired) electrons. The summed E-state index contributed by atoms with van der Waals surface area (Å²) in [5.74, 6) is -0.885. The number of aromatic nitrogens is 3. The summed E-state index contributed by atoms with van der Waals surface area (Å²) in [6.07, 6.45) is 3.00. The third-order valence-corrected chi connectivity index (χ3v) is 5.84. The second-order valence-electron chi connectivity index (χ2n) is 7.08. The highest BCUT2D eigenvalue weighted by Crippen LogP contribution is 2.44. The molecule has 1 aliphatic heterocycles. The minimum absolute atomic E-state index is 0.0503. The number of aliphatic hydroxyl groups excluding tert-OH is 1. The number of aliphatic hydroxyl groups is 1. The van der Waals surface area contributed by atoms with Crippen molar-refractivity contribution in [3.05, 3.63) is 64.4 Å². The third kappa shape index (κ3) is 4.17. The van der Waals surface area contributed by atoms with Crippen LogP contribution >= 0.6 is 11.3 Å². The Bertz CT molecular complexity index is 1220. The molecule has 1 amide bonds. The Balaban J connectivity index is 1.93. The van der Waals surface area contributed by atoms with Gasteiger partial charge >= 0.3 is 5.91 Å². The molecule has 10 heteroatoms. The Labute approximate surface area is 194 Å². The van der Waals surface area contributed by atoms with Gasteiger partial charge in [0, 0.05) is 18.0 Å². The first-order valence-electron chi connectivity index (χ1n) is 10.4. The van der Waals surface area contributed by atoms with E-state index in [-0.39, 0.29) is 16.5 Å². The van der Waals surface area contributed by atoms with Gasteiger partial charge in [0.2, 0.25) is 5.13 Å². The fourth-order valence-electron chi connectivity index (χ4n) is 3.63. The Morgan fingerprint density at radius 3 is 2.39 bits per heavy atom. The lowest BCUT2D eigenvalue weighted by Gasteiger charge is -2.23. The Morgan fingerprint density at radius 1 is 1.06 bits per heavy atom. The van der Waals surface area contributed by atoms with E-state index >= 15 is 0 Å². The second kappa shape index (κ2) is 9.37. The first-order chi connectivity index (χ1) is 16.0. The molecular formula is C23H22N4O5S. The second-order valence-corrected chi connectivity index (χ2v) is 8.24. The number of ether oxygens (including phenoxy) is 2. The maximum Gasteiger partial charge on any atom is 0.301 e. The van der Waals surface area contributed by atoms with Crippen LogP contribution in [0.25, 0.3) is 5.76 Å². The summed E-state index contributed by atoms with van der Waals surface area (Å²) < 4.78 is 11.4. The maximum absolute atomic E-state index is 13.2. The topological polar surface area (TPSA) is 115 Å². The first-order valence-corrected chi connectivity index (χ1v) is 11.2. The number of hydrogen-bond donors (Lipinski definition) is 1. The lowest BCUT2D eigenvalue weighted by molar-refractivity contribution is -0.132. The highest BCUT2D eigenvalue weighted by Gasteiger charge is 2.48. The van der Waals surface area contributed by atoms with Crippen LogP contribution in [0.2, 0.25) is 0 Å². The lowest BCUT2D eigenvalue weighted by Crippen LogP contribution is -2.29. The summed E-state index contributed by atoms with van der Waals surface area (Å²) in [5.41, 5.74) is 0.882. The highest BCUT2D eigenvalue weighted by molar-refractivity contribution is 7.15. The van der Waals surface area contributed by atoms with Crippen LogP contribution in [0.4, 0.5) is 5.13 Å². The van der Waals surface area contributed by atoms with Gasteiger partial charge in [-0.15, -0.1) is 10.2 Å². The smallest absolute Gasteiger partial charge is 0.301 e. The van der Waals surface area contributed by atoms with E-state index in [1.165, 1.54) is 28.6 Å². The monoisotopic (exact) mass is 466 g/mol. The summed E-state index contributed by atoms with van der Waals surface area (Å²) in [5, 5.41) is 20.1. The summed E-state index contributed by atoms with van der Waals surface area (Å²) in [7, 11) is 0. The molecule has 33 heavy (non-hydrogen) atoms. The van der Waals surface area contributed by atoms with Crippen LogP contribution in [-0.4, -0.2) is 45.2 Å². The number of Topliss-reactive ketones (excluding diaryl/α,β-unsaturated/α-hetero) is 1. The molecule has 1 aromatic carbocycles. The van der Waals surface area contributed by atoms with Crippen LogP contribution in [0.1, 0.15) is 36.0 Å². The molecule has 0 saturated carbocycles. The zero-order chi connectivity index (χ0) is 23.5. The molecule has 170 valence electrons. The van der Waals surface area contributed by atoms with Crippen LogP contribution in [0.5, 0.6) is 11.5 Å². The van der Waals surface area contributed by atoms with Gasteiger partial charge in [0.05, 0.1) is 24.8 Å². The molecule has 1 N–H and O–H groups in total. The van der Waals surface area contributed by atoms with Crippen molar-refractivity contribution in [3.63, 3.8) is 0 Å². The van der Waals surface area contributed by atoms with Crippen LogP contribution < -0.4 is 14.4 Å². The molecule has 2 aromatic heterocycles. The number of aryl methyl sites for hydroxylation is 1. The van der Waals surface area contributed by atoms with Gasteiger partial charge in [-0.1, -0.05) is 17.4 Å². The molecule has 0 bridgehead atoms. The van der Waals surface area contributed by atoms with Gasteiger partial charge in [-0.3, -0.25) is 19.5 Å². The van der Waals surface area contributed by atoms with Crippen LogP contribution in [0, 0.1) is 6.92 Å². The molecular weight excluding hydrogens is 444 g/mol. The molecule has 0 aliphatic carbocycles. The predicted molar refractivity (Wildman–Crippen MR) is 122 cm³/mol. The predicted octanol–water partition coefficient (Wildman–Crippen LogP) is 3.67. The Morgan fingerprint density at radius 2 is 1.76 bits per heavy atom. The molecule has 1 aliphatic rings. The van der Waals surface area contributed by atoms with E-state index in [1.807, 2.05) is 13.8 Å². The molecule has 3 heterocycles. The summed E-state index contributed by atoms with van der Waals surface area (Å²) in [6, 6.07) is 7.38. The molecule has 1 unspecified atom stereocenters. The maximum atomic E-state index is 13.2. The van der Waals surface area contributed by atoms with Crippen molar-refractivity contribution in [2.24, 2.45) is 0 Å². The number of benzene rings is 1. The van der Waals surface area contributed by atoms with Gasteiger partial charge in [0.1, 0.15) is 10.8 Å². The number of nitrogens with zero attached hydrogens (tertiary/aromatic N) is 4. The lowest BCUT2D eigenvalue weighted by atomic mass is 9.95. The van der Waals surface area contributed by atoms with Gasteiger partial charge in [0.15, 0.2) is 11.5 Å². The van der Waals surface area contributed by atoms with E-state index in [0.29, 0.717) is 40.8 Å². The van der Waals surface area contributed by atoms with Gasteiger partial charge in [-0.25, -0.2) is 0 Å².